The molecule has 0 bridgehead atoms. The van der Waals surface area contributed by atoms with Gasteiger partial charge in [-0.3, -0.25) is 0 Å². The fourth-order valence-corrected chi connectivity index (χ4v) is 3.11. The second kappa shape index (κ2) is 4.99. The highest BCUT2D eigenvalue weighted by atomic mass is 32.2. The van der Waals surface area contributed by atoms with E-state index in [1.54, 1.807) is 0 Å². The molecule has 0 amide bonds. The van der Waals surface area contributed by atoms with Crippen LogP contribution in [0.15, 0.2) is 23.1 Å². The summed E-state index contributed by atoms with van der Waals surface area (Å²) >= 11 is 0. The van der Waals surface area contributed by atoms with Crippen LogP contribution in [0.3, 0.4) is 0 Å². The quantitative estimate of drug-likeness (QED) is 0.683. The molecule has 106 valence electrons. The first-order valence-corrected chi connectivity index (χ1v) is 7.50. The number of rotatable bonds is 5. The fraction of sp³-hybridized carbons (Fsp3) is 0.500. The normalized spacial score (nSPS) is 17.8. The number of sulfonamides is 1. The SMILES string of the molecule is COc1ccc(S(=O)(=O)NCC2(O)CCC2)cc1N. The minimum Gasteiger partial charge on any atom is -0.495 e. The van der Waals surface area contributed by atoms with Crippen molar-refractivity contribution in [3.05, 3.63) is 18.2 Å². The maximum atomic E-state index is 12.1. The Kier molecular flexibility index (Phi) is 3.71. The van der Waals surface area contributed by atoms with Gasteiger partial charge in [0.25, 0.3) is 0 Å². The van der Waals surface area contributed by atoms with E-state index in [1.165, 1.54) is 25.3 Å². The molecule has 0 unspecified atom stereocenters. The van der Waals surface area contributed by atoms with Gasteiger partial charge in [-0.15, -0.1) is 0 Å². The van der Waals surface area contributed by atoms with Crippen LogP contribution in [0.4, 0.5) is 5.69 Å². The fourth-order valence-electron chi connectivity index (χ4n) is 1.95. The molecule has 1 aliphatic carbocycles. The second-order valence-corrected chi connectivity index (χ2v) is 6.57. The van der Waals surface area contributed by atoms with Gasteiger partial charge < -0.3 is 15.6 Å². The molecule has 6 nitrogen and oxygen atoms in total. The zero-order chi connectivity index (χ0) is 14.1. The minimum atomic E-state index is -3.66. The summed E-state index contributed by atoms with van der Waals surface area (Å²) in [5.74, 6) is 0.427. The van der Waals surface area contributed by atoms with Crippen LogP contribution in [-0.2, 0) is 10.0 Å². The van der Waals surface area contributed by atoms with Crippen molar-refractivity contribution in [1.29, 1.82) is 0 Å². The Bertz CT molecular complexity index is 567. The standard InChI is InChI=1S/C12H18N2O4S/c1-18-11-4-3-9(7-10(11)13)19(16,17)14-8-12(15)5-2-6-12/h3-4,7,14-15H,2,5-6,8,13H2,1H3. The summed E-state index contributed by atoms with van der Waals surface area (Å²) in [6.45, 7) is 0.0290. The maximum absolute atomic E-state index is 12.1. The average Bonchev–Trinajstić information content (AvgIpc) is 2.34. The lowest BCUT2D eigenvalue weighted by molar-refractivity contribution is -0.0270. The van der Waals surface area contributed by atoms with Crippen LogP contribution in [0, 0.1) is 0 Å². The predicted octanol–water partition coefficient (Wildman–Crippen LogP) is 0.471. The Balaban J connectivity index is 2.12. The molecule has 1 aliphatic rings. The monoisotopic (exact) mass is 286 g/mol. The van der Waals surface area contributed by atoms with Crippen molar-refractivity contribution in [2.24, 2.45) is 0 Å². The molecule has 0 aromatic heterocycles. The van der Waals surface area contributed by atoms with Crippen molar-refractivity contribution in [2.75, 3.05) is 19.4 Å². The number of nitrogens with two attached hydrogens (primary N) is 1. The highest BCUT2D eigenvalue weighted by Crippen LogP contribution is 2.31. The summed E-state index contributed by atoms with van der Waals surface area (Å²) in [6.07, 6.45) is 2.17. The van der Waals surface area contributed by atoms with E-state index >= 15 is 0 Å². The van der Waals surface area contributed by atoms with Crippen molar-refractivity contribution in [1.82, 2.24) is 4.72 Å². The number of hydrogen-bond donors (Lipinski definition) is 3. The summed E-state index contributed by atoms with van der Waals surface area (Å²) in [4.78, 5) is 0.0636. The van der Waals surface area contributed by atoms with Crippen LogP contribution in [-0.4, -0.2) is 32.8 Å². The van der Waals surface area contributed by atoms with Crippen LogP contribution in [0.2, 0.25) is 0 Å². The topological polar surface area (TPSA) is 102 Å². The van der Waals surface area contributed by atoms with Gasteiger partial charge in [-0.2, -0.15) is 0 Å². The molecule has 1 aromatic rings. The van der Waals surface area contributed by atoms with E-state index < -0.39 is 15.6 Å². The Morgan fingerprint density at radius 2 is 2.16 bits per heavy atom. The van der Waals surface area contributed by atoms with Gasteiger partial charge in [0.15, 0.2) is 0 Å². The first-order chi connectivity index (χ1) is 8.86. The minimum absolute atomic E-state index is 0.0290. The molecule has 0 radical (unpaired) electrons. The first kappa shape index (κ1) is 14.1. The van der Waals surface area contributed by atoms with Gasteiger partial charge >= 0.3 is 0 Å². The number of hydrogen-bond acceptors (Lipinski definition) is 5. The third-order valence-electron chi connectivity index (χ3n) is 3.39. The number of nitrogens with one attached hydrogen (secondary N) is 1. The summed E-state index contributed by atoms with van der Waals surface area (Å²) in [5, 5.41) is 9.89. The molecule has 7 heteroatoms. The maximum Gasteiger partial charge on any atom is 0.240 e. The van der Waals surface area contributed by atoms with E-state index in [2.05, 4.69) is 4.72 Å². The van der Waals surface area contributed by atoms with Crippen molar-refractivity contribution in [3.63, 3.8) is 0 Å². The molecule has 4 N–H and O–H groups in total. The molecule has 2 rings (SSSR count). The molecule has 0 aliphatic heterocycles. The van der Waals surface area contributed by atoms with Crippen LogP contribution in [0.5, 0.6) is 5.75 Å². The van der Waals surface area contributed by atoms with E-state index in [9.17, 15) is 13.5 Å². The number of aliphatic hydroxyl groups is 1. The van der Waals surface area contributed by atoms with Crippen molar-refractivity contribution >= 4 is 15.7 Å². The van der Waals surface area contributed by atoms with Crippen molar-refractivity contribution in [3.8, 4) is 5.75 Å². The van der Waals surface area contributed by atoms with Gasteiger partial charge in [0.2, 0.25) is 10.0 Å². The Morgan fingerprint density at radius 3 is 2.63 bits per heavy atom. The third kappa shape index (κ3) is 2.99. The van der Waals surface area contributed by atoms with Crippen LogP contribution in [0.25, 0.3) is 0 Å². The van der Waals surface area contributed by atoms with E-state index in [4.69, 9.17) is 10.5 Å². The van der Waals surface area contributed by atoms with E-state index in [0.29, 0.717) is 18.6 Å². The number of benzene rings is 1. The molecule has 0 spiro atoms. The molecule has 19 heavy (non-hydrogen) atoms. The van der Waals surface area contributed by atoms with E-state index in [1.807, 2.05) is 0 Å². The van der Waals surface area contributed by atoms with Crippen LogP contribution in [0.1, 0.15) is 19.3 Å². The Morgan fingerprint density at radius 1 is 1.47 bits per heavy atom. The molecule has 1 fully saturated rings. The molecular weight excluding hydrogens is 268 g/mol. The number of methoxy groups -OCH3 is 1. The summed E-state index contributed by atoms with van der Waals surface area (Å²) in [6, 6.07) is 4.26. The molecule has 0 saturated heterocycles. The lowest BCUT2D eigenvalue weighted by Gasteiger charge is -2.36. The molecule has 0 heterocycles. The van der Waals surface area contributed by atoms with Gasteiger partial charge in [-0.05, 0) is 37.5 Å². The molecule has 1 saturated carbocycles. The number of nitrogen functional groups attached to an aromatic ring is 1. The van der Waals surface area contributed by atoms with Gasteiger partial charge in [0.05, 0.1) is 23.3 Å². The number of ether oxygens (including phenoxy) is 1. The van der Waals surface area contributed by atoms with Crippen molar-refractivity contribution < 1.29 is 18.3 Å². The zero-order valence-corrected chi connectivity index (χ0v) is 11.5. The van der Waals surface area contributed by atoms with Crippen LogP contribution >= 0.6 is 0 Å². The largest absolute Gasteiger partial charge is 0.495 e. The molecule has 0 atom stereocenters. The smallest absolute Gasteiger partial charge is 0.240 e. The van der Waals surface area contributed by atoms with Gasteiger partial charge in [0, 0.05) is 6.54 Å². The van der Waals surface area contributed by atoms with Gasteiger partial charge in [-0.1, -0.05) is 0 Å². The Labute approximate surface area is 112 Å². The molecular formula is C12H18N2O4S. The lowest BCUT2D eigenvalue weighted by Crippen LogP contribution is -2.47. The highest BCUT2D eigenvalue weighted by molar-refractivity contribution is 7.89. The van der Waals surface area contributed by atoms with E-state index in [-0.39, 0.29) is 17.1 Å². The average molecular weight is 286 g/mol. The third-order valence-corrected chi connectivity index (χ3v) is 4.79. The van der Waals surface area contributed by atoms with Gasteiger partial charge in [-0.25, -0.2) is 13.1 Å². The van der Waals surface area contributed by atoms with E-state index in [0.717, 1.165) is 6.42 Å². The summed E-state index contributed by atoms with van der Waals surface area (Å²) in [5.41, 5.74) is 5.04. The van der Waals surface area contributed by atoms with Gasteiger partial charge in [0.1, 0.15) is 5.75 Å². The highest BCUT2D eigenvalue weighted by Gasteiger charge is 2.35. The zero-order valence-electron chi connectivity index (χ0n) is 10.7. The van der Waals surface area contributed by atoms with Crippen molar-refractivity contribution in [2.45, 2.75) is 29.8 Å². The first-order valence-electron chi connectivity index (χ1n) is 6.02. The summed E-state index contributed by atoms with van der Waals surface area (Å²) < 4.78 is 31.5. The summed E-state index contributed by atoms with van der Waals surface area (Å²) in [7, 11) is -2.20. The predicted molar refractivity (Wildman–Crippen MR) is 71.4 cm³/mol. The lowest BCUT2D eigenvalue weighted by atomic mass is 9.81. The van der Waals surface area contributed by atoms with Crippen LogP contribution < -0.4 is 15.2 Å². The Hall–Kier alpha value is -1.31. The second-order valence-electron chi connectivity index (χ2n) is 4.81. The molecule has 1 aromatic carbocycles. The number of anilines is 1.